The van der Waals surface area contributed by atoms with E-state index in [1.807, 2.05) is 6.07 Å². The number of halogens is 1. The molecule has 4 rings (SSSR count). The lowest BCUT2D eigenvalue weighted by Gasteiger charge is -2.22. The van der Waals surface area contributed by atoms with Gasteiger partial charge in [-0.2, -0.15) is 0 Å². The van der Waals surface area contributed by atoms with Crippen LogP contribution < -0.4 is 19.7 Å². The molecule has 0 radical (unpaired) electrons. The minimum atomic E-state index is -0.598. The van der Waals surface area contributed by atoms with Crippen LogP contribution in [0.2, 0.25) is 0 Å². The lowest BCUT2D eigenvalue weighted by atomic mass is 10.1. The van der Waals surface area contributed by atoms with Crippen molar-refractivity contribution in [3.05, 3.63) is 59.0 Å². The Morgan fingerprint density at radius 1 is 1.06 bits per heavy atom. The second-order valence-electron chi connectivity index (χ2n) is 7.43. The topological polar surface area (TPSA) is 71.1 Å². The van der Waals surface area contributed by atoms with Crippen LogP contribution in [0.25, 0.3) is 6.08 Å². The molecule has 2 aromatic carbocycles. The van der Waals surface area contributed by atoms with Crippen molar-refractivity contribution in [1.29, 1.82) is 0 Å². The average Bonchev–Trinajstić information content (AvgIpc) is 3.39. The highest BCUT2D eigenvalue weighted by Crippen LogP contribution is 2.38. The van der Waals surface area contributed by atoms with Gasteiger partial charge in [0.2, 0.25) is 0 Å². The molecule has 0 atom stereocenters. The van der Waals surface area contributed by atoms with Crippen LogP contribution in [-0.2, 0) is 11.3 Å². The smallest absolute Gasteiger partial charge is 0.329 e. The first kappa shape index (κ1) is 20.7. The van der Waals surface area contributed by atoms with Gasteiger partial charge in [0.15, 0.2) is 0 Å². The number of hydrogen-bond acceptors (Lipinski definition) is 5. The Kier molecular flexibility index (Phi) is 5.79. The summed E-state index contributed by atoms with van der Waals surface area (Å²) < 4.78 is 25.1. The third kappa shape index (κ3) is 4.05. The number of amides is 3. The van der Waals surface area contributed by atoms with Gasteiger partial charge < -0.3 is 19.7 Å². The van der Waals surface area contributed by atoms with E-state index in [-0.39, 0.29) is 17.8 Å². The first-order valence-corrected chi connectivity index (χ1v) is 10.1. The average molecular weight is 425 g/mol. The van der Waals surface area contributed by atoms with E-state index in [1.54, 1.807) is 44.6 Å². The van der Waals surface area contributed by atoms with Gasteiger partial charge >= 0.3 is 6.03 Å². The van der Waals surface area contributed by atoms with E-state index >= 15 is 0 Å². The highest BCUT2D eigenvalue weighted by Gasteiger charge is 2.34. The summed E-state index contributed by atoms with van der Waals surface area (Å²) in [6.45, 7) is 1.74. The molecule has 162 valence electrons. The number of urea groups is 1. The Morgan fingerprint density at radius 3 is 2.45 bits per heavy atom. The fraction of sp³-hybridized carbons (Fsp3) is 0.304. The summed E-state index contributed by atoms with van der Waals surface area (Å²) in [7, 11) is 3.15. The molecule has 0 aliphatic carbocycles. The largest absolute Gasteiger partial charge is 0.496 e. The van der Waals surface area contributed by atoms with E-state index in [2.05, 4.69) is 10.2 Å². The number of nitrogens with zero attached hydrogens (tertiary/aromatic N) is 2. The van der Waals surface area contributed by atoms with Crippen LogP contribution in [-0.4, -0.2) is 44.1 Å². The second-order valence-corrected chi connectivity index (χ2v) is 7.43. The van der Waals surface area contributed by atoms with Gasteiger partial charge in [-0.15, -0.1) is 0 Å². The zero-order chi connectivity index (χ0) is 22.0. The Labute approximate surface area is 180 Å². The summed E-state index contributed by atoms with van der Waals surface area (Å²) in [5, 5.41) is 2.57. The summed E-state index contributed by atoms with van der Waals surface area (Å²) in [5.74, 6) is 0.224. The molecule has 8 heteroatoms. The number of imide groups is 1. The zero-order valence-electron chi connectivity index (χ0n) is 17.5. The first-order chi connectivity index (χ1) is 15.0. The van der Waals surface area contributed by atoms with Crippen molar-refractivity contribution < 1.29 is 23.5 Å². The number of methoxy groups -OCH3 is 2. The number of benzene rings is 2. The normalized spacial score (nSPS) is 17.5. The van der Waals surface area contributed by atoms with Crippen LogP contribution in [0.15, 0.2) is 42.1 Å². The molecule has 2 aliphatic rings. The van der Waals surface area contributed by atoms with Gasteiger partial charge in [-0.25, -0.2) is 9.18 Å². The van der Waals surface area contributed by atoms with Gasteiger partial charge in [-0.05, 0) is 31.1 Å². The summed E-state index contributed by atoms with van der Waals surface area (Å²) in [5.41, 5.74) is 1.89. The number of ether oxygens (including phenoxy) is 2. The Hall–Kier alpha value is -3.55. The van der Waals surface area contributed by atoms with E-state index in [0.29, 0.717) is 17.1 Å². The highest BCUT2D eigenvalue weighted by molar-refractivity contribution is 6.14. The molecule has 0 spiro atoms. The Bertz CT molecular complexity index is 1050. The lowest BCUT2D eigenvalue weighted by molar-refractivity contribution is -0.123. The predicted molar refractivity (Wildman–Crippen MR) is 114 cm³/mol. The predicted octanol–water partition coefficient (Wildman–Crippen LogP) is 3.54. The van der Waals surface area contributed by atoms with E-state index in [4.69, 9.17) is 9.47 Å². The third-order valence-electron chi connectivity index (χ3n) is 5.53. The van der Waals surface area contributed by atoms with E-state index in [0.717, 1.165) is 36.5 Å². The SMILES string of the molecule is COc1cc(N2CCCC2)c(OC)cc1/C=C1/NC(=O)N(Cc2ccccc2F)C1=O. The maximum atomic E-state index is 14.0. The Morgan fingerprint density at radius 2 is 1.77 bits per heavy atom. The molecular weight excluding hydrogens is 401 g/mol. The van der Waals surface area contributed by atoms with E-state index < -0.39 is 17.8 Å². The number of nitrogens with one attached hydrogen (secondary N) is 1. The van der Waals surface area contributed by atoms with Gasteiger partial charge in [0.05, 0.1) is 26.5 Å². The molecular formula is C23H24FN3O4. The van der Waals surface area contributed by atoms with Crippen molar-refractivity contribution in [2.75, 3.05) is 32.2 Å². The van der Waals surface area contributed by atoms with Crippen LogP contribution in [0.5, 0.6) is 11.5 Å². The van der Waals surface area contributed by atoms with Crippen LogP contribution in [0, 0.1) is 5.82 Å². The van der Waals surface area contributed by atoms with Gasteiger partial charge in [0.25, 0.3) is 5.91 Å². The van der Waals surface area contributed by atoms with Crippen LogP contribution in [0.3, 0.4) is 0 Å². The van der Waals surface area contributed by atoms with Crippen LogP contribution >= 0.6 is 0 Å². The maximum Gasteiger partial charge on any atom is 0.329 e. The summed E-state index contributed by atoms with van der Waals surface area (Å²) in [6.07, 6.45) is 3.79. The van der Waals surface area contributed by atoms with Crippen LogP contribution in [0.4, 0.5) is 14.9 Å². The molecule has 0 bridgehead atoms. The number of carbonyl (C=O) groups is 2. The molecule has 0 saturated carbocycles. The molecule has 2 fully saturated rings. The lowest BCUT2D eigenvalue weighted by Crippen LogP contribution is -2.30. The molecule has 2 aromatic rings. The fourth-order valence-electron chi connectivity index (χ4n) is 3.89. The maximum absolute atomic E-state index is 14.0. The Balaban J connectivity index is 1.64. The van der Waals surface area contributed by atoms with Crippen molar-refractivity contribution >= 4 is 23.7 Å². The summed E-state index contributed by atoms with van der Waals surface area (Å²) in [6, 6.07) is 9.13. The minimum absolute atomic E-state index is 0.0932. The van der Waals surface area contributed by atoms with Crippen molar-refractivity contribution in [2.45, 2.75) is 19.4 Å². The van der Waals surface area contributed by atoms with Crippen LogP contribution in [0.1, 0.15) is 24.0 Å². The molecule has 2 heterocycles. The third-order valence-corrected chi connectivity index (χ3v) is 5.53. The van der Waals surface area contributed by atoms with Crippen molar-refractivity contribution in [1.82, 2.24) is 10.2 Å². The van der Waals surface area contributed by atoms with Crippen molar-refractivity contribution in [3.8, 4) is 11.5 Å². The van der Waals surface area contributed by atoms with Gasteiger partial charge in [0.1, 0.15) is 23.0 Å². The number of hydrogen-bond donors (Lipinski definition) is 1. The van der Waals surface area contributed by atoms with E-state index in [9.17, 15) is 14.0 Å². The zero-order valence-corrected chi connectivity index (χ0v) is 17.5. The number of carbonyl (C=O) groups excluding carboxylic acids is 2. The molecule has 2 saturated heterocycles. The van der Waals surface area contributed by atoms with Gasteiger partial charge in [-0.1, -0.05) is 18.2 Å². The number of rotatable bonds is 6. The molecule has 0 aromatic heterocycles. The fourth-order valence-corrected chi connectivity index (χ4v) is 3.89. The number of anilines is 1. The first-order valence-electron chi connectivity index (χ1n) is 10.1. The molecule has 1 N–H and O–H groups in total. The van der Waals surface area contributed by atoms with Gasteiger partial charge in [0, 0.05) is 30.3 Å². The molecule has 3 amide bonds. The molecule has 31 heavy (non-hydrogen) atoms. The standard InChI is InChI=1S/C23H24FN3O4/c1-30-20-13-19(26-9-5-6-10-26)21(31-2)12-16(20)11-18-22(28)27(23(29)25-18)14-15-7-3-4-8-17(15)24/h3-4,7-8,11-13H,5-6,9-10,14H2,1-2H3,(H,25,29)/b18-11+. The highest BCUT2D eigenvalue weighted by atomic mass is 19.1. The van der Waals surface area contributed by atoms with Crippen molar-refractivity contribution in [2.24, 2.45) is 0 Å². The summed E-state index contributed by atoms with van der Waals surface area (Å²) in [4.78, 5) is 28.4. The molecule has 0 unspecified atom stereocenters. The molecule has 7 nitrogen and oxygen atoms in total. The second kappa shape index (κ2) is 8.67. The van der Waals surface area contributed by atoms with Crippen molar-refractivity contribution in [3.63, 3.8) is 0 Å². The van der Waals surface area contributed by atoms with Gasteiger partial charge in [-0.3, -0.25) is 9.69 Å². The quantitative estimate of drug-likeness (QED) is 0.566. The minimum Gasteiger partial charge on any atom is -0.496 e. The summed E-state index contributed by atoms with van der Waals surface area (Å²) >= 11 is 0. The van der Waals surface area contributed by atoms with E-state index in [1.165, 1.54) is 6.07 Å². The molecule has 2 aliphatic heterocycles. The monoisotopic (exact) mass is 425 g/mol.